The molecule has 6 nitrogen and oxygen atoms in total. The van der Waals surface area contributed by atoms with Crippen LogP contribution < -0.4 is 0 Å². The third kappa shape index (κ3) is 2.73. The molecule has 0 radical (unpaired) electrons. The summed E-state index contributed by atoms with van der Waals surface area (Å²) in [5.74, 6) is -0.261. The van der Waals surface area contributed by atoms with Crippen LogP contribution >= 0.6 is 0 Å². The van der Waals surface area contributed by atoms with Crippen LogP contribution in [-0.2, 0) is 0 Å². The molecule has 5 rings (SSSR count). The minimum Gasteiger partial charge on any atom is -0.293 e. The standard InChI is InChI=1S/C24H18N4O2/c1-15(29)23-19-13-20-22(14-21(19)27(25-23)17-9-5-3-6-10-17)28(26-24(20)16(2)30)18-11-7-4-8-12-18/h3-14H,1-2H3. The van der Waals surface area contributed by atoms with E-state index in [4.69, 9.17) is 0 Å². The molecule has 0 fully saturated rings. The molecule has 0 amide bonds. The molecular weight excluding hydrogens is 376 g/mol. The fraction of sp³-hybridized carbons (Fsp3) is 0.0833. The van der Waals surface area contributed by atoms with Crippen molar-refractivity contribution in [3.63, 3.8) is 0 Å². The molecule has 30 heavy (non-hydrogen) atoms. The Morgan fingerprint density at radius 1 is 0.633 bits per heavy atom. The number of carbonyl (C=O) groups is 2. The zero-order valence-corrected chi connectivity index (χ0v) is 16.5. The highest BCUT2D eigenvalue weighted by Gasteiger charge is 2.21. The highest BCUT2D eigenvalue weighted by atomic mass is 16.1. The Morgan fingerprint density at radius 2 is 1.03 bits per heavy atom. The van der Waals surface area contributed by atoms with Crippen LogP contribution in [0.4, 0.5) is 0 Å². The van der Waals surface area contributed by atoms with Crippen molar-refractivity contribution in [2.75, 3.05) is 0 Å². The highest BCUT2D eigenvalue weighted by Crippen LogP contribution is 2.31. The first-order valence-electron chi connectivity index (χ1n) is 9.63. The van der Waals surface area contributed by atoms with Crippen LogP contribution in [0.2, 0.25) is 0 Å². The number of hydrogen-bond donors (Lipinski definition) is 0. The van der Waals surface area contributed by atoms with Gasteiger partial charge in [-0.05, 0) is 36.4 Å². The van der Waals surface area contributed by atoms with Crippen LogP contribution in [-0.4, -0.2) is 31.1 Å². The molecule has 3 aromatic carbocycles. The lowest BCUT2D eigenvalue weighted by molar-refractivity contribution is 0.100. The number of nitrogens with zero attached hydrogens (tertiary/aromatic N) is 4. The number of rotatable bonds is 4. The molecule has 146 valence electrons. The number of ketones is 2. The van der Waals surface area contributed by atoms with Gasteiger partial charge in [0.15, 0.2) is 11.6 Å². The van der Waals surface area contributed by atoms with E-state index in [2.05, 4.69) is 10.2 Å². The first-order chi connectivity index (χ1) is 14.5. The van der Waals surface area contributed by atoms with E-state index in [-0.39, 0.29) is 11.6 Å². The van der Waals surface area contributed by atoms with Crippen LogP contribution in [0.15, 0.2) is 72.8 Å². The summed E-state index contributed by atoms with van der Waals surface area (Å²) in [5, 5.41) is 10.6. The molecule has 0 unspecified atom stereocenters. The molecule has 0 N–H and O–H groups in total. The lowest BCUT2D eigenvalue weighted by Gasteiger charge is -2.05. The Morgan fingerprint density at radius 3 is 1.40 bits per heavy atom. The van der Waals surface area contributed by atoms with Crippen molar-refractivity contribution in [3.8, 4) is 11.4 Å². The van der Waals surface area contributed by atoms with E-state index in [1.807, 2.05) is 72.8 Å². The minimum absolute atomic E-state index is 0.131. The first kappa shape index (κ1) is 18.0. The maximum atomic E-state index is 12.3. The predicted octanol–water partition coefficient (Wildman–Crippen LogP) is 4.77. The lowest BCUT2D eigenvalue weighted by atomic mass is 10.1. The summed E-state index contributed by atoms with van der Waals surface area (Å²) in [6.07, 6.45) is 0. The van der Waals surface area contributed by atoms with E-state index in [9.17, 15) is 9.59 Å². The monoisotopic (exact) mass is 394 g/mol. The third-order valence-electron chi connectivity index (χ3n) is 5.15. The smallest absolute Gasteiger partial charge is 0.180 e. The summed E-state index contributed by atoms with van der Waals surface area (Å²) in [6.45, 7) is 3.00. The van der Waals surface area contributed by atoms with Crippen molar-refractivity contribution >= 4 is 33.4 Å². The Balaban J connectivity index is 1.91. The Bertz CT molecular complexity index is 1320. The number of benzene rings is 3. The fourth-order valence-electron chi connectivity index (χ4n) is 3.77. The van der Waals surface area contributed by atoms with Gasteiger partial charge in [-0.3, -0.25) is 9.59 Å². The van der Waals surface area contributed by atoms with Gasteiger partial charge in [0.2, 0.25) is 0 Å². The highest BCUT2D eigenvalue weighted by molar-refractivity contribution is 6.13. The number of hydrogen-bond acceptors (Lipinski definition) is 4. The maximum absolute atomic E-state index is 12.3. The van der Waals surface area contributed by atoms with E-state index < -0.39 is 0 Å². The molecule has 0 atom stereocenters. The predicted molar refractivity (Wildman–Crippen MR) is 116 cm³/mol. The van der Waals surface area contributed by atoms with Crippen LogP contribution in [0.1, 0.15) is 34.8 Å². The molecule has 0 bridgehead atoms. The Labute approximate surface area is 172 Å². The summed E-state index contributed by atoms with van der Waals surface area (Å²) in [6, 6.07) is 23.1. The van der Waals surface area contributed by atoms with E-state index >= 15 is 0 Å². The number of aromatic nitrogens is 4. The summed E-state index contributed by atoms with van der Waals surface area (Å²) in [7, 11) is 0. The van der Waals surface area contributed by atoms with Gasteiger partial charge in [0.05, 0.1) is 22.4 Å². The van der Waals surface area contributed by atoms with E-state index in [0.717, 1.165) is 22.4 Å². The van der Waals surface area contributed by atoms with Gasteiger partial charge in [-0.25, -0.2) is 9.36 Å². The molecule has 0 aliphatic rings. The van der Waals surface area contributed by atoms with Crippen molar-refractivity contribution < 1.29 is 9.59 Å². The average molecular weight is 394 g/mol. The van der Waals surface area contributed by atoms with E-state index in [1.54, 1.807) is 9.36 Å². The van der Waals surface area contributed by atoms with Crippen LogP contribution in [0.5, 0.6) is 0 Å². The quantitative estimate of drug-likeness (QED) is 0.412. The largest absolute Gasteiger partial charge is 0.293 e. The second-order valence-corrected chi connectivity index (χ2v) is 7.19. The van der Waals surface area contributed by atoms with Crippen molar-refractivity contribution in [3.05, 3.63) is 84.2 Å². The van der Waals surface area contributed by atoms with Gasteiger partial charge in [-0.2, -0.15) is 10.2 Å². The lowest BCUT2D eigenvalue weighted by Crippen LogP contribution is -2.00. The molecule has 5 aromatic rings. The van der Waals surface area contributed by atoms with Crippen LogP contribution in [0.3, 0.4) is 0 Å². The number of fused-ring (bicyclic) bond motifs is 2. The Hall–Kier alpha value is -4.06. The minimum atomic E-state index is -0.131. The van der Waals surface area contributed by atoms with Crippen molar-refractivity contribution in [1.82, 2.24) is 19.6 Å². The number of carbonyl (C=O) groups excluding carboxylic acids is 2. The summed E-state index contributed by atoms with van der Waals surface area (Å²) >= 11 is 0. The molecule has 0 spiro atoms. The van der Waals surface area contributed by atoms with Gasteiger partial charge in [-0.15, -0.1) is 0 Å². The van der Waals surface area contributed by atoms with Crippen molar-refractivity contribution in [2.24, 2.45) is 0 Å². The summed E-state index contributed by atoms with van der Waals surface area (Å²) in [5.41, 5.74) is 4.02. The molecule has 0 saturated carbocycles. The molecular formula is C24H18N4O2. The van der Waals surface area contributed by atoms with Crippen molar-refractivity contribution in [1.29, 1.82) is 0 Å². The van der Waals surface area contributed by atoms with Gasteiger partial charge < -0.3 is 0 Å². The average Bonchev–Trinajstić information content (AvgIpc) is 3.32. The summed E-state index contributed by atoms with van der Waals surface area (Å²) in [4.78, 5) is 24.6. The van der Waals surface area contributed by atoms with Gasteiger partial charge in [0.25, 0.3) is 0 Å². The van der Waals surface area contributed by atoms with Crippen LogP contribution in [0.25, 0.3) is 33.2 Å². The molecule has 0 saturated heterocycles. The number of para-hydroxylation sites is 2. The normalized spacial score (nSPS) is 11.3. The SMILES string of the molecule is CC(=O)c1nn(-c2ccccc2)c2cc3c(cc12)c(C(C)=O)nn3-c1ccccc1. The first-order valence-corrected chi connectivity index (χ1v) is 9.63. The number of Topliss-reactive ketones (excluding diaryl/α,β-unsaturated/α-hetero) is 2. The fourth-order valence-corrected chi connectivity index (χ4v) is 3.77. The zero-order chi connectivity index (χ0) is 20.8. The molecule has 0 aliphatic heterocycles. The Kier molecular flexibility index (Phi) is 4.06. The maximum Gasteiger partial charge on any atom is 0.180 e. The zero-order valence-electron chi connectivity index (χ0n) is 16.5. The van der Waals surface area contributed by atoms with Crippen molar-refractivity contribution in [2.45, 2.75) is 13.8 Å². The molecule has 2 heterocycles. The van der Waals surface area contributed by atoms with Crippen LogP contribution in [0, 0.1) is 0 Å². The van der Waals surface area contributed by atoms with Gasteiger partial charge in [0, 0.05) is 24.6 Å². The topological polar surface area (TPSA) is 69.8 Å². The second-order valence-electron chi connectivity index (χ2n) is 7.19. The van der Waals surface area contributed by atoms with E-state index in [0.29, 0.717) is 22.2 Å². The molecule has 0 aliphatic carbocycles. The van der Waals surface area contributed by atoms with Gasteiger partial charge in [0.1, 0.15) is 11.4 Å². The van der Waals surface area contributed by atoms with Gasteiger partial charge >= 0.3 is 0 Å². The second kappa shape index (κ2) is 6.77. The third-order valence-corrected chi connectivity index (χ3v) is 5.15. The molecule has 6 heteroatoms. The van der Waals surface area contributed by atoms with E-state index in [1.165, 1.54) is 13.8 Å². The van der Waals surface area contributed by atoms with Gasteiger partial charge in [-0.1, -0.05) is 36.4 Å². The molecule has 2 aromatic heterocycles. The summed E-state index contributed by atoms with van der Waals surface area (Å²) < 4.78 is 3.53.